The molecular formula is C22H27N7O3S. The number of anilines is 3. The Bertz CT molecular complexity index is 1180. The molecule has 3 aromatic rings. The molecule has 0 amide bonds. The van der Waals surface area contributed by atoms with Crippen LogP contribution in [0.1, 0.15) is 11.4 Å². The first kappa shape index (κ1) is 22.9. The van der Waals surface area contributed by atoms with Crippen LogP contribution in [0.5, 0.6) is 5.75 Å². The second-order valence-electron chi connectivity index (χ2n) is 7.68. The van der Waals surface area contributed by atoms with Crippen molar-refractivity contribution in [3.05, 3.63) is 66.0 Å². The van der Waals surface area contributed by atoms with Crippen LogP contribution in [0.25, 0.3) is 0 Å². The highest BCUT2D eigenvalue weighted by atomic mass is 32.2. The van der Waals surface area contributed by atoms with Crippen LogP contribution in [0.2, 0.25) is 0 Å². The number of nitrogens with two attached hydrogens (primary N) is 1. The van der Waals surface area contributed by atoms with Crippen LogP contribution in [0.15, 0.2) is 54.6 Å². The second-order valence-corrected chi connectivity index (χ2v) is 9.64. The Morgan fingerprint density at radius 2 is 1.67 bits per heavy atom. The fourth-order valence-corrected chi connectivity index (χ4v) is 5.19. The molecule has 1 aromatic heterocycles. The fourth-order valence-electron chi connectivity index (χ4n) is 3.67. The number of methoxy groups -OCH3 is 1. The van der Waals surface area contributed by atoms with Crippen LogP contribution in [-0.4, -0.2) is 65.9 Å². The number of ether oxygens (including phenoxy) is 1. The lowest BCUT2D eigenvalue weighted by Gasteiger charge is -2.33. The molecule has 4 rings (SSSR count). The third kappa shape index (κ3) is 5.95. The summed E-state index contributed by atoms with van der Waals surface area (Å²) in [7, 11) is -1.77. The number of hydrogen-bond donors (Lipinski definition) is 2. The van der Waals surface area contributed by atoms with Gasteiger partial charge in [0.2, 0.25) is 21.9 Å². The molecule has 0 atom stereocenters. The summed E-state index contributed by atoms with van der Waals surface area (Å²) in [6.07, 6.45) is 0. The van der Waals surface area contributed by atoms with E-state index in [2.05, 4.69) is 25.2 Å². The van der Waals surface area contributed by atoms with E-state index in [0.717, 1.165) is 5.56 Å². The van der Waals surface area contributed by atoms with Crippen LogP contribution >= 0.6 is 0 Å². The number of sulfonamides is 1. The third-order valence-electron chi connectivity index (χ3n) is 5.33. The summed E-state index contributed by atoms with van der Waals surface area (Å²) in [6, 6.07) is 16.7. The summed E-state index contributed by atoms with van der Waals surface area (Å²) in [6.45, 7) is 2.44. The minimum atomic E-state index is -3.36. The molecule has 0 radical (unpaired) electrons. The lowest BCUT2D eigenvalue weighted by molar-refractivity contribution is 0.178. The van der Waals surface area contributed by atoms with Gasteiger partial charge in [-0.15, -0.1) is 0 Å². The Hall–Kier alpha value is -3.28. The van der Waals surface area contributed by atoms with Crippen molar-refractivity contribution < 1.29 is 13.2 Å². The molecule has 0 bridgehead atoms. The Kier molecular flexibility index (Phi) is 7.02. The van der Waals surface area contributed by atoms with Crippen molar-refractivity contribution in [2.24, 2.45) is 0 Å². The van der Waals surface area contributed by atoms with Gasteiger partial charge in [0.05, 0.1) is 25.1 Å². The topological polar surface area (TPSA) is 127 Å². The number of nitrogens with one attached hydrogen (secondary N) is 1. The highest BCUT2D eigenvalue weighted by Crippen LogP contribution is 2.25. The molecule has 3 N–H and O–H groups in total. The highest BCUT2D eigenvalue weighted by molar-refractivity contribution is 7.88. The molecule has 1 aliphatic rings. The summed E-state index contributed by atoms with van der Waals surface area (Å²) in [5.41, 5.74) is 7.41. The predicted octanol–water partition coefficient (Wildman–Crippen LogP) is 1.85. The van der Waals surface area contributed by atoms with E-state index in [-0.39, 0.29) is 11.7 Å². The fraction of sp³-hybridized carbons (Fsp3) is 0.318. The first-order chi connectivity index (χ1) is 15.9. The average Bonchev–Trinajstić information content (AvgIpc) is 2.80. The SMILES string of the molecule is COc1ccccc1Nc1nc(N)nc(CN2CCN(S(=O)(=O)Cc3ccccc3)CC2)n1. The maximum Gasteiger partial charge on any atom is 0.232 e. The number of nitrogen functional groups attached to an aromatic ring is 1. The summed E-state index contributed by atoms with van der Waals surface area (Å²) in [4.78, 5) is 15.0. The molecule has 1 saturated heterocycles. The number of rotatable bonds is 8. The Morgan fingerprint density at radius 1 is 0.970 bits per heavy atom. The van der Waals surface area contributed by atoms with Crippen molar-refractivity contribution in [3.63, 3.8) is 0 Å². The average molecular weight is 470 g/mol. The molecule has 0 unspecified atom stereocenters. The Balaban J connectivity index is 1.37. The van der Waals surface area contributed by atoms with Crippen molar-refractivity contribution >= 4 is 27.6 Å². The van der Waals surface area contributed by atoms with Gasteiger partial charge in [0, 0.05) is 26.2 Å². The van der Waals surface area contributed by atoms with E-state index in [0.29, 0.717) is 55.9 Å². The van der Waals surface area contributed by atoms with Crippen molar-refractivity contribution in [1.82, 2.24) is 24.2 Å². The zero-order valence-electron chi connectivity index (χ0n) is 18.4. The molecule has 33 heavy (non-hydrogen) atoms. The third-order valence-corrected chi connectivity index (χ3v) is 7.18. The van der Waals surface area contributed by atoms with E-state index in [4.69, 9.17) is 10.5 Å². The van der Waals surface area contributed by atoms with Gasteiger partial charge in [-0.1, -0.05) is 42.5 Å². The van der Waals surface area contributed by atoms with Gasteiger partial charge in [0.15, 0.2) is 0 Å². The minimum Gasteiger partial charge on any atom is -0.495 e. The van der Waals surface area contributed by atoms with Crippen molar-refractivity contribution in [2.75, 3.05) is 44.3 Å². The van der Waals surface area contributed by atoms with E-state index in [1.165, 1.54) is 0 Å². The molecular weight excluding hydrogens is 442 g/mol. The summed E-state index contributed by atoms with van der Waals surface area (Å²) in [5.74, 6) is 1.62. The maximum atomic E-state index is 12.8. The molecule has 1 aliphatic heterocycles. The van der Waals surface area contributed by atoms with Gasteiger partial charge in [0.1, 0.15) is 11.6 Å². The highest BCUT2D eigenvalue weighted by Gasteiger charge is 2.27. The molecule has 0 aliphatic carbocycles. The number of hydrogen-bond acceptors (Lipinski definition) is 9. The van der Waals surface area contributed by atoms with Crippen molar-refractivity contribution in [2.45, 2.75) is 12.3 Å². The lowest BCUT2D eigenvalue weighted by Crippen LogP contribution is -2.48. The van der Waals surface area contributed by atoms with Crippen LogP contribution < -0.4 is 15.8 Å². The number of benzene rings is 2. The largest absolute Gasteiger partial charge is 0.495 e. The van der Waals surface area contributed by atoms with Gasteiger partial charge >= 0.3 is 0 Å². The number of para-hydroxylation sites is 2. The van der Waals surface area contributed by atoms with Gasteiger partial charge in [-0.2, -0.15) is 19.3 Å². The Morgan fingerprint density at radius 3 is 2.39 bits per heavy atom. The lowest BCUT2D eigenvalue weighted by atomic mass is 10.2. The minimum absolute atomic E-state index is 0.00974. The molecule has 2 aromatic carbocycles. The zero-order chi connectivity index (χ0) is 23.3. The first-order valence-corrected chi connectivity index (χ1v) is 12.2. The zero-order valence-corrected chi connectivity index (χ0v) is 19.2. The van der Waals surface area contributed by atoms with Gasteiger partial charge in [-0.25, -0.2) is 8.42 Å². The second kappa shape index (κ2) is 10.1. The first-order valence-electron chi connectivity index (χ1n) is 10.6. The summed E-state index contributed by atoms with van der Waals surface area (Å²) >= 11 is 0. The molecule has 174 valence electrons. The smallest absolute Gasteiger partial charge is 0.232 e. The van der Waals surface area contributed by atoms with E-state index in [9.17, 15) is 8.42 Å². The van der Waals surface area contributed by atoms with Gasteiger partial charge < -0.3 is 15.8 Å². The van der Waals surface area contributed by atoms with Gasteiger partial charge in [-0.3, -0.25) is 4.90 Å². The van der Waals surface area contributed by atoms with Crippen molar-refractivity contribution in [1.29, 1.82) is 0 Å². The van der Waals surface area contributed by atoms with E-state index >= 15 is 0 Å². The molecule has 10 nitrogen and oxygen atoms in total. The molecule has 0 saturated carbocycles. The molecule has 0 spiro atoms. The van der Waals surface area contributed by atoms with Gasteiger partial charge in [-0.05, 0) is 17.7 Å². The molecule has 11 heteroatoms. The number of nitrogens with zero attached hydrogens (tertiary/aromatic N) is 5. The normalized spacial score (nSPS) is 15.3. The van der Waals surface area contributed by atoms with E-state index in [1.54, 1.807) is 11.4 Å². The van der Waals surface area contributed by atoms with Crippen LogP contribution in [0.3, 0.4) is 0 Å². The van der Waals surface area contributed by atoms with Crippen LogP contribution in [0.4, 0.5) is 17.6 Å². The van der Waals surface area contributed by atoms with Crippen LogP contribution in [-0.2, 0) is 22.3 Å². The Labute approximate surface area is 193 Å². The van der Waals surface area contributed by atoms with Crippen molar-refractivity contribution in [3.8, 4) is 5.75 Å². The quantitative estimate of drug-likeness (QED) is 0.508. The number of aromatic nitrogens is 3. The standard InChI is InChI=1S/C22H27N7O3S/c1-32-19-10-6-5-9-18(19)24-22-26-20(25-21(23)27-22)15-28-11-13-29(14-12-28)33(30,31)16-17-7-3-2-4-8-17/h2-10H,11-16H2,1H3,(H3,23,24,25,26,27). The van der Waals surface area contributed by atoms with Crippen LogP contribution in [0, 0.1) is 0 Å². The van der Waals surface area contributed by atoms with E-state index in [1.807, 2.05) is 54.6 Å². The summed E-state index contributed by atoms with van der Waals surface area (Å²) < 4.78 is 32.4. The maximum absolute atomic E-state index is 12.8. The molecule has 1 fully saturated rings. The monoisotopic (exact) mass is 469 g/mol. The predicted molar refractivity (Wildman–Crippen MR) is 126 cm³/mol. The molecule has 2 heterocycles. The summed E-state index contributed by atoms with van der Waals surface area (Å²) in [5, 5.41) is 3.12. The van der Waals surface area contributed by atoms with Gasteiger partial charge in [0.25, 0.3) is 0 Å². The number of piperazine rings is 1. The van der Waals surface area contributed by atoms with E-state index < -0.39 is 10.0 Å².